The Hall–Kier alpha value is -4.27. The molecule has 0 aliphatic carbocycles. The van der Waals surface area contributed by atoms with Gasteiger partial charge in [-0.25, -0.2) is 0 Å². The first-order chi connectivity index (χ1) is 22.5. The summed E-state index contributed by atoms with van der Waals surface area (Å²) in [6.45, 7) is 2.56. The normalized spacial score (nSPS) is 18.1. The van der Waals surface area contributed by atoms with E-state index in [2.05, 4.69) is 30.7 Å². The highest BCUT2D eigenvalue weighted by Crippen LogP contribution is 2.31. The Kier molecular flexibility index (Phi) is 9.62. The average molecular weight is 696 g/mol. The van der Waals surface area contributed by atoms with Gasteiger partial charge >= 0.3 is 12.5 Å². The Labute approximate surface area is 275 Å². The van der Waals surface area contributed by atoms with Crippen LogP contribution in [0.15, 0.2) is 69.5 Å². The summed E-state index contributed by atoms with van der Waals surface area (Å²) >= 11 is 11.8. The zero-order valence-corrected chi connectivity index (χ0v) is 26.0. The number of hydrogen-bond acceptors (Lipinski definition) is 9. The molecule has 2 aromatic heterocycles. The van der Waals surface area contributed by atoms with Crippen molar-refractivity contribution in [2.45, 2.75) is 37.5 Å². The van der Waals surface area contributed by atoms with Crippen LogP contribution in [0.4, 0.5) is 29.6 Å². The van der Waals surface area contributed by atoms with E-state index in [0.717, 1.165) is 36.7 Å². The van der Waals surface area contributed by atoms with Gasteiger partial charge in [0.15, 0.2) is 11.2 Å². The minimum Gasteiger partial charge on any atom is -0.427 e. The molecule has 248 valence electrons. The fourth-order valence-electron chi connectivity index (χ4n) is 5.20. The van der Waals surface area contributed by atoms with E-state index < -0.39 is 24.2 Å². The number of anilines is 2. The van der Waals surface area contributed by atoms with Crippen LogP contribution in [0.3, 0.4) is 0 Å². The zero-order chi connectivity index (χ0) is 33.1. The first-order valence-electron chi connectivity index (χ1n) is 14.6. The summed E-state index contributed by atoms with van der Waals surface area (Å²) in [5, 5.41) is 10.8. The fourth-order valence-corrected chi connectivity index (χ4v) is 5.53. The van der Waals surface area contributed by atoms with Gasteiger partial charge in [-0.2, -0.15) is 27.5 Å². The number of benzene rings is 3. The molecule has 16 heteroatoms. The molecule has 0 bridgehead atoms. The number of hydrogen-bond donors (Lipinski definition) is 3. The van der Waals surface area contributed by atoms with Gasteiger partial charge in [-0.05, 0) is 55.8 Å². The lowest BCUT2D eigenvalue weighted by Crippen LogP contribution is -2.35. The zero-order valence-electron chi connectivity index (χ0n) is 24.5. The number of alkyl halides is 4. The van der Waals surface area contributed by atoms with Gasteiger partial charge in [-0.15, -0.1) is 0 Å². The Morgan fingerprint density at radius 2 is 1.55 bits per heavy atom. The molecule has 2 aliphatic rings. The highest BCUT2D eigenvalue weighted by molar-refractivity contribution is 6.31. The quantitative estimate of drug-likeness (QED) is 0.144. The van der Waals surface area contributed by atoms with Gasteiger partial charge in [-0.1, -0.05) is 35.3 Å². The van der Waals surface area contributed by atoms with Crippen LogP contribution in [-0.4, -0.2) is 71.6 Å². The van der Waals surface area contributed by atoms with Crippen molar-refractivity contribution in [1.82, 2.24) is 20.2 Å². The van der Waals surface area contributed by atoms with Crippen molar-refractivity contribution < 1.29 is 35.9 Å². The van der Waals surface area contributed by atoms with Gasteiger partial charge in [0.1, 0.15) is 16.8 Å². The number of carbonyl (C=O) groups excluding carboxylic acids is 1. The molecule has 3 N–H and O–H groups in total. The number of amides is 1. The van der Waals surface area contributed by atoms with Gasteiger partial charge in [0.05, 0.1) is 5.56 Å². The summed E-state index contributed by atoms with van der Waals surface area (Å²) < 4.78 is 67.0. The van der Waals surface area contributed by atoms with Crippen molar-refractivity contribution in [2.75, 3.05) is 36.8 Å². The highest BCUT2D eigenvalue weighted by Gasteiger charge is 2.45. The van der Waals surface area contributed by atoms with Gasteiger partial charge in [0, 0.05) is 53.9 Å². The van der Waals surface area contributed by atoms with Gasteiger partial charge in [0.2, 0.25) is 0 Å². The number of ether oxygens (including phenoxy) is 1. The molecular weight excluding hydrogens is 667 g/mol. The van der Waals surface area contributed by atoms with Gasteiger partial charge in [-0.3, -0.25) is 4.79 Å². The lowest BCUT2D eigenvalue weighted by atomic mass is 10.1. The highest BCUT2D eigenvalue weighted by atomic mass is 35.5. The SMILES string of the molecule is Clc1ccc2nc(N[C@@H]3CCNC3)oc2c1.O=C(c1ccccc1OC(F)(F)C(F)F)N1CC[C@@H](Nc2nc3ccc(Cl)cc3o2)C1. The Morgan fingerprint density at radius 1 is 0.936 bits per heavy atom. The summed E-state index contributed by atoms with van der Waals surface area (Å²) in [5.41, 5.74) is 2.45. The van der Waals surface area contributed by atoms with Crippen molar-refractivity contribution in [3.8, 4) is 5.75 Å². The molecule has 2 saturated heterocycles. The molecule has 10 nitrogen and oxygen atoms in total. The van der Waals surface area contributed by atoms with Crippen LogP contribution in [-0.2, 0) is 0 Å². The maximum Gasteiger partial charge on any atom is 0.461 e. The third-order valence-corrected chi connectivity index (χ3v) is 7.98. The lowest BCUT2D eigenvalue weighted by Gasteiger charge is -2.21. The molecule has 3 aromatic carbocycles. The van der Waals surface area contributed by atoms with E-state index in [4.69, 9.17) is 32.0 Å². The second kappa shape index (κ2) is 13.8. The number of likely N-dealkylation sites (tertiary alicyclic amines) is 1. The number of nitrogens with one attached hydrogen (secondary N) is 3. The van der Waals surface area contributed by atoms with E-state index in [-0.39, 0.29) is 24.2 Å². The lowest BCUT2D eigenvalue weighted by molar-refractivity contribution is -0.253. The van der Waals surface area contributed by atoms with E-state index in [9.17, 15) is 22.4 Å². The largest absolute Gasteiger partial charge is 0.461 e. The van der Waals surface area contributed by atoms with Crippen LogP contribution in [0.25, 0.3) is 22.2 Å². The van der Waals surface area contributed by atoms with Crippen LogP contribution in [0.5, 0.6) is 5.75 Å². The molecule has 2 fully saturated rings. The summed E-state index contributed by atoms with van der Waals surface area (Å²) in [7, 11) is 0. The number of halogens is 6. The van der Waals surface area contributed by atoms with Crippen molar-refractivity contribution in [1.29, 1.82) is 0 Å². The van der Waals surface area contributed by atoms with Gasteiger partial charge in [0.25, 0.3) is 17.9 Å². The van der Waals surface area contributed by atoms with Crippen LogP contribution >= 0.6 is 23.2 Å². The molecule has 2 aliphatic heterocycles. The first-order valence-corrected chi connectivity index (χ1v) is 15.4. The van der Waals surface area contributed by atoms with Crippen LogP contribution in [0, 0.1) is 0 Å². The minimum atomic E-state index is -4.71. The van der Waals surface area contributed by atoms with Crippen molar-refractivity contribution >= 4 is 63.3 Å². The van der Waals surface area contributed by atoms with Crippen LogP contribution in [0.2, 0.25) is 10.0 Å². The van der Waals surface area contributed by atoms with Crippen molar-refractivity contribution in [2.24, 2.45) is 0 Å². The summed E-state index contributed by atoms with van der Waals surface area (Å²) in [6, 6.07) is 16.6. The monoisotopic (exact) mass is 694 g/mol. The molecule has 1 amide bonds. The number of aromatic nitrogens is 2. The van der Waals surface area contributed by atoms with Crippen molar-refractivity contribution in [3.05, 3.63) is 76.3 Å². The second-order valence-corrected chi connectivity index (χ2v) is 11.8. The molecule has 0 saturated carbocycles. The van der Waals surface area contributed by atoms with E-state index in [1.54, 1.807) is 24.3 Å². The van der Waals surface area contributed by atoms with E-state index in [1.165, 1.54) is 23.1 Å². The number of rotatable bonds is 8. The Balaban J connectivity index is 0.000000201. The fraction of sp³-hybridized carbons (Fsp3) is 0.323. The maximum atomic E-state index is 13.3. The number of oxazole rings is 2. The second-order valence-electron chi connectivity index (χ2n) is 10.9. The Bertz CT molecular complexity index is 1870. The number of para-hydroxylation sites is 1. The molecule has 5 aromatic rings. The third kappa shape index (κ3) is 7.83. The standard InChI is InChI=1S/C20H16ClF4N3O3.C11H12ClN3O/c21-11-5-6-14-16(9-11)30-19(27-14)26-12-7-8-28(10-12)17(29)13-3-1-2-4-15(13)31-20(24,25)18(22)23;12-7-1-2-9-10(5-7)16-11(15-9)14-8-3-4-13-6-8/h1-6,9,12,18H,7-8,10H2,(H,26,27);1-2,5,8,13H,3-4,6H2,(H,14,15)/t12-;8-/m11/s1. The first kappa shape index (κ1) is 32.7. The molecule has 0 radical (unpaired) electrons. The summed E-state index contributed by atoms with van der Waals surface area (Å²) in [6.07, 6.45) is -7.09. The van der Waals surface area contributed by atoms with E-state index >= 15 is 0 Å². The minimum absolute atomic E-state index is 0.205. The van der Waals surface area contributed by atoms with Gasteiger partial charge < -0.3 is 34.4 Å². The molecular formula is C31H28Cl2F4N6O4. The molecule has 0 spiro atoms. The van der Waals surface area contributed by atoms with Crippen LogP contribution in [0.1, 0.15) is 23.2 Å². The molecule has 7 rings (SSSR count). The predicted molar refractivity (Wildman–Crippen MR) is 169 cm³/mol. The average Bonchev–Trinajstić information content (AvgIpc) is 3.85. The van der Waals surface area contributed by atoms with Crippen molar-refractivity contribution in [3.63, 3.8) is 0 Å². The van der Waals surface area contributed by atoms with Crippen LogP contribution < -0.4 is 20.7 Å². The molecule has 47 heavy (non-hydrogen) atoms. The topological polar surface area (TPSA) is 118 Å². The smallest absolute Gasteiger partial charge is 0.427 e. The summed E-state index contributed by atoms with van der Waals surface area (Å²) in [4.78, 5) is 22.9. The number of fused-ring (bicyclic) bond motifs is 2. The molecule has 0 unspecified atom stereocenters. The summed E-state index contributed by atoms with van der Waals surface area (Å²) in [5.74, 6) is -1.21. The molecule has 2 atom stereocenters. The third-order valence-electron chi connectivity index (χ3n) is 7.51. The maximum absolute atomic E-state index is 13.3. The Morgan fingerprint density at radius 3 is 2.15 bits per heavy atom. The van der Waals surface area contributed by atoms with E-state index in [1.807, 2.05) is 12.1 Å². The number of nitrogens with zero attached hydrogens (tertiary/aromatic N) is 3. The van der Waals surface area contributed by atoms with E-state index in [0.29, 0.717) is 46.2 Å². The molecule has 4 heterocycles. The predicted octanol–water partition coefficient (Wildman–Crippen LogP) is 7.30. The number of carbonyl (C=O) groups is 1.